The van der Waals surface area contributed by atoms with Crippen LogP contribution < -0.4 is 5.73 Å². The molecule has 0 aromatic rings. The summed E-state index contributed by atoms with van der Waals surface area (Å²) >= 11 is 0. The fraction of sp³-hybridized carbons (Fsp3) is 1.00. The van der Waals surface area contributed by atoms with Crippen LogP contribution in [0.25, 0.3) is 0 Å². The average molecular weight is 254 g/mol. The van der Waals surface area contributed by atoms with E-state index in [4.69, 9.17) is 10.5 Å². The molecular formula is C15H30N2O. The van der Waals surface area contributed by atoms with Gasteiger partial charge in [0.2, 0.25) is 0 Å². The Balaban J connectivity index is 1.98. The maximum absolute atomic E-state index is 6.15. The quantitative estimate of drug-likeness (QED) is 0.819. The molecule has 0 spiro atoms. The Morgan fingerprint density at radius 2 is 2.00 bits per heavy atom. The van der Waals surface area contributed by atoms with E-state index in [9.17, 15) is 0 Å². The first-order chi connectivity index (χ1) is 8.70. The van der Waals surface area contributed by atoms with E-state index in [1.165, 1.54) is 38.5 Å². The molecule has 2 rings (SSSR count). The first-order valence-corrected chi connectivity index (χ1v) is 7.77. The lowest BCUT2D eigenvalue weighted by Crippen LogP contribution is -2.57. The van der Waals surface area contributed by atoms with Crippen molar-refractivity contribution >= 4 is 0 Å². The molecule has 1 aliphatic heterocycles. The lowest BCUT2D eigenvalue weighted by Gasteiger charge is -2.47. The number of ether oxygens (including phenoxy) is 1. The molecule has 2 N–H and O–H groups in total. The third-order valence-electron chi connectivity index (χ3n) is 5.09. The number of nitrogens with two attached hydrogens (primary N) is 1. The van der Waals surface area contributed by atoms with Gasteiger partial charge in [0, 0.05) is 25.2 Å². The summed E-state index contributed by atoms with van der Waals surface area (Å²) in [5.41, 5.74) is 6.41. The largest absolute Gasteiger partial charge is 0.377 e. The summed E-state index contributed by atoms with van der Waals surface area (Å²) in [6.07, 6.45) is 8.12. The molecule has 18 heavy (non-hydrogen) atoms. The Kier molecular flexibility index (Phi) is 5.05. The van der Waals surface area contributed by atoms with Crippen molar-refractivity contribution in [2.24, 2.45) is 11.7 Å². The highest BCUT2D eigenvalue weighted by molar-refractivity contribution is 4.96. The predicted octanol–water partition coefficient (Wildman–Crippen LogP) is 2.39. The molecule has 0 bridgehead atoms. The molecule has 0 aromatic heterocycles. The number of likely N-dealkylation sites (N-methyl/N-ethyl adjacent to an activating group) is 1. The van der Waals surface area contributed by atoms with Crippen LogP contribution >= 0.6 is 0 Å². The monoisotopic (exact) mass is 254 g/mol. The molecule has 1 aliphatic carbocycles. The van der Waals surface area contributed by atoms with Crippen molar-refractivity contribution in [3.05, 3.63) is 0 Å². The van der Waals surface area contributed by atoms with Crippen molar-refractivity contribution in [1.29, 1.82) is 0 Å². The molecule has 3 heteroatoms. The van der Waals surface area contributed by atoms with Crippen LogP contribution in [0.2, 0.25) is 0 Å². The van der Waals surface area contributed by atoms with Gasteiger partial charge in [-0.1, -0.05) is 13.8 Å². The van der Waals surface area contributed by atoms with E-state index in [2.05, 4.69) is 18.7 Å². The highest BCUT2D eigenvalue weighted by Gasteiger charge is 2.38. The molecule has 0 radical (unpaired) electrons. The summed E-state index contributed by atoms with van der Waals surface area (Å²) in [5, 5.41) is 0. The fourth-order valence-corrected chi connectivity index (χ4v) is 3.64. The summed E-state index contributed by atoms with van der Waals surface area (Å²) in [4.78, 5) is 2.62. The Bertz CT molecular complexity index is 243. The average Bonchev–Trinajstić information content (AvgIpc) is 2.90. The van der Waals surface area contributed by atoms with Crippen molar-refractivity contribution in [2.45, 2.75) is 64.0 Å². The second-order valence-electron chi connectivity index (χ2n) is 6.28. The third kappa shape index (κ3) is 3.06. The normalized spacial score (nSPS) is 37.3. The zero-order valence-corrected chi connectivity index (χ0v) is 12.2. The van der Waals surface area contributed by atoms with Gasteiger partial charge in [0.05, 0.1) is 6.10 Å². The first kappa shape index (κ1) is 14.3. The predicted molar refractivity (Wildman–Crippen MR) is 75.6 cm³/mol. The number of hydrogen-bond acceptors (Lipinski definition) is 3. The standard InChI is InChI=1S/C15H30N2O/c1-3-17(11-14-5-4-10-18-14)15(12-16)8-6-13(2)7-9-15/h13-14H,3-12,16H2,1-2H3. The van der Waals surface area contributed by atoms with Crippen LogP contribution in [0.1, 0.15) is 52.4 Å². The third-order valence-corrected chi connectivity index (χ3v) is 5.09. The zero-order chi connectivity index (χ0) is 13.0. The number of rotatable bonds is 5. The lowest BCUT2D eigenvalue weighted by molar-refractivity contribution is 0.000777. The van der Waals surface area contributed by atoms with Crippen LogP contribution in [0.15, 0.2) is 0 Å². The molecule has 1 saturated carbocycles. The second-order valence-corrected chi connectivity index (χ2v) is 6.28. The molecule has 3 nitrogen and oxygen atoms in total. The van der Waals surface area contributed by atoms with Gasteiger partial charge >= 0.3 is 0 Å². The maximum atomic E-state index is 6.15. The van der Waals surface area contributed by atoms with Crippen molar-refractivity contribution in [3.63, 3.8) is 0 Å². The summed E-state index contributed by atoms with van der Waals surface area (Å²) in [7, 11) is 0. The minimum Gasteiger partial charge on any atom is -0.377 e. The van der Waals surface area contributed by atoms with E-state index in [0.29, 0.717) is 6.10 Å². The van der Waals surface area contributed by atoms with E-state index < -0.39 is 0 Å². The number of hydrogen-bond donors (Lipinski definition) is 1. The molecule has 106 valence electrons. The smallest absolute Gasteiger partial charge is 0.0703 e. The van der Waals surface area contributed by atoms with Gasteiger partial charge in [-0.2, -0.15) is 0 Å². The Hall–Kier alpha value is -0.120. The van der Waals surface area contributed by atoms with Gasteiger partial charge in [-0.3, -0.25) is 4.90 Å². The van der Waals surface area contributed by atoms with Gasteiger partial charge < -0.3 is 10.5 Å². The summed E-state index contributed by atoms with van der Waals surface area (Å²) in [5.74, 6) is 0.881. The maximum Gasteiger partial charge on any atom is 0.0703 e. The minimum absolute atomic E-state index is 0.257. The van der Waals surface area contributed by atoms with Gasteiger partial charge in [-0.05, 0) is 51.0 Å². The van der Waals surface area contributed by atoms with Crippen LogP contribution in [-0.2, 0) is 4.74 Å². The van der Waals surface area contributed by atoms with Crippen LogP contribution in [0, 0.1) is 5.92 Å². The lowest BCUT2D eigenvalue weighted by atomic mass is 9.76. The highest BCUT2D eigenvalue weighted by Crippen LogP contribution is 2.36. The molecule has 2 aliphatic rings. The minimum atomic E-state index is 0.257. The number of nitrogens with zero attached hydrogens (tertiary/aromatic N) is 1. The fourth-order valence-electron chi connectivity index (χ4n) is 3.64. The Morgan fingerprint density at radius 3 is 2.50 bits per heavy atom. The summed E-state index contributed by atoms with van der Waals surface area (Å²) in [6.45, 7) is 8.59. The van der Waals surface area contributed by atoms with E-state index in [1.807, 2.05) is 0 Å². The summed E-state index contributed by atoms with van der Waals surface area (Å²) in [6, 6.07) is 0. The Morgan fingerprint density at radius 1 is 1.28 bits per heavy atom. The van der Waals surface area contributed by atoms with Crippen molar-refractivity contribution in [2.75, 3.05) is 26.2 Å². The molecule has 2 fully saturated rings. The van der Waals surface area contributed by atoms with E-state index in [0.717, 1.165) is 32.2 Å². The zero-order valence-electron chi connectivity index (χ0n) is 12.2. The van der Waals surface area contributed by atoms with E-state index in [-0.39, 0.29) is 5.54 Å². The van der Waals surface area contributed by atoms with Gasteiger partial charge in [0.15, 0.2) is 0 Å². The molecule has 0 amide bonds. The van der Waals surface area contributed by atoms with E-state index in [1.54, 1.807) is 0 Å². The van der Waals surface area contributed by atoms with Crippen molar-refractivity contribution in [3.8, 4) is 0 Å². The van der Waals surface area contributed by atoms with Gasteiger partial charge in [-0.25, -0.2) is 0 Å². The summed E-state index contributed by atoms with van der Waals surface area (Å²) < 4.78 is 5.80. The van der Waals surface area contributed by atoms with Crippen LogP contribution in [-0.4, -0.2) is 42.8 Å². The van der Waals surface area contributed by atoms with Crippen LogP contribution in [0.5, 0.6) is 0 Å². The molecule has 1 unspecified atom stereocenters. The van der Waals surface area contributed by atoms with Crippen LogP contribution in [0.3, 0.4) is 0 Å². The van der Waals surface area contributed by atoms with E-state index >= 15 is 0 Å². The van der Waals surface area contributed by atoms with Crippen LogP contribution in [0.4, 0.5) is 0 Å². The molecular weight excluding hydrogens is 224 g/mol. The van der Waals surface area contributed by atoms with Gasteiger partial charge in [0.25, 0.3) is 0 Å². The Labute approximate surface area is 112 Å². The second kappa shape index (κ2) is 6.36. The topological polar surface area (TPSA) is 38.5 Å². The first-order valence-electron chi connectivity index (χ1n) is 7.77. The van der Waals surface area contributed by atoms with Crippen molar-refractivity contribution in [1.82, 2.24) is 4.90 Å². The molecule has 1 heterocycles. The molecule has 0 aromatic carbocycles. The SMILES string of the molecule is CCN(CC1CCCO1)C1(CN)CCC(C)CC1. The van der Waals surface area contributed by atoms with Gasteiger partial charge in [-0.15, -0.1) is 0 Å². The van der Waals surface area contributed by atoms with Crippen molar-refractivity contribution < 1.29 is 4.74 Å². The molecule has 1 atom stereocenters. The van der Waals surface area contributed by atoms with Gasteiger partial charge in [0.1, 0.15) is 0 Å². The molecule has 1 saturated heterocycles. The highest BCUT2D eigenvalue weighted by atomic mass is 16.5.